The maximum atomic E-state index is 12.0. The number of urea groups is 1. The van der Waals surface area contributed by atoms with Crippen molar-refractivity contribution in [2.24, 2.45) is 0 Å². The predicted octanol–water partition coefficient (Wildman–Crippen LogP) is -0.177. The summed E-state index contributed by atoms with van der Waals surface area (Å²) in [5.41, 5.74) is 0. The minimum atomic E-state index is -0.900. The maximum absolute atomic E-state index is 12.0. The summed E-state index contributed by atoms with van der Waals surface area (Å²) in [6.45, 7) is 2.50. The Morgan fingerprint density at radius 3 is 2.80 bits per heavy atom. The molecular formula is C12H20N2O6. The summed E-state index contributed by atoms with van der Waals surface area (Å²) in [6.07, 6.45) is -0.421. The van der Waals surface area contributed by atoms with Gasteiger partial charge in [0.1, 0.15) is 0 Å². The van der Waals surface area contributed by atoms with Gasteiger partial charge in [-0.15, -0.1) is 0 Å². The SMILES string of the molecule is COC(=O)C1CN(C(=O)NC(C)CCC(=O)O)CCO1. The molecule has 8 heteroatoms. The Morgan fingerprint density at radius 2 is 2.20 bits per heavy atom. The molecule has 1 aliphatic heterocycles. The second kappa shape index (κ2) is 7.68. The van der Waals surface area contributed by atoms with Gasteiger partial charge in [-0.3, -0.25) is 4.79 Å². The first-order valence-corrected chi connectivity index (χ1v) is 6.40. The number of rotatable bonds is 5. The first kappa shape index (κ1) is 16.2. The largest absolute Gasteiger partial charge is 0.481 e. The number of carboxylic acid groups (broad SMARTS) is 1. The number of nitrogens with one attached hydrogen (secondary N) is 1. The molecule has 2 unspecified atom stereocenters. The van der Waals surface area contributed by atoms with E-state index in [4.69, 9.17) is 9.84 Å². The molecule has 8 nitrogen and oxygen atoms in total. The van der Waals surface area contributed by atoms with Crippen LogP contribution in [0.4, 0.5) is 4.79 Å². The van der Waals surface area contributed by atoms with Crippen molar-refractivity contribution in [2.45, 2.75) is 31.9 Å². The number of ether oxygens (including phenoxy) is 2. The van der Waals surface area contributed by atoms with E-state index in [1.165, 1.54) is 12.0 Å². The average Bonchev–Trinajstić information content (AvgIpc) is 2.44. The monoisotopic (exact) mass is 288 g/mol. The number of aliphatic carboxylic acids is 1. The Bertz CT molecular complexity index is 373. The lowest BCUT2D eigenvalue weighted by Crippen LogP contribution is -2.53. The molecule has 0 spiro atoms. The molecule has 2 atom stereocenters. The predicted molar refractivity (Wildman–Crippen MR) is 68.2 cm³/mol. The molecule has 1 heterocycles. The summed E-state index contributed by atoms with van der Waals surface area (Å²) in [4.78, 5) is 35.2. The Balaban J connectivity index is 2.42. The number of methoxy groups -OCH3 is 1. The first-order chi connectivity index (χ1) is 9.43. The molecule has 20 heavy (non-hydrogen) atoms. The van der Waals surface area contributed by atoms with E-state index in [-0.39, 0.29) is 31.6 Å². The molecule has 2 N–H and O–H groups in total. The molecule has 2 amide bonds. The highest BCUT2D eigenvalue weighted by Crippen LogP contribution is 2.08. The number of carbonyl (C=O) groups is 3. The van der Waals surface area contributed by atoms with Crippen molar-refractivity contribution in [1.29, 1.82) is 0 Å². The summed E-state index contributed by atoms with van der Waals surface area (Å²) >= 11 is 0. The molecule has 1 aliphatic rings. The van der Waals surface area contributed by atoms with E-state index in [1.807, 2.05) is 0 Å². The molecule has 1 rings (SSSR count). The van der Waals surface area contributed by atoms with Crippen LogP contribution >= 0.6 is 0 Å². The number of hydrogen-bond acceptors (Lipinski definition) is 5. The van der Waals surface area contributed by atoms with Crippen molar-refractivity contribution in [3.63, 3.8) is 0 Å². The minimum Gasteiger partial charge on any atom is -0.481 e. The summed E-state index contributed by atoms with van der Waals surface area (Å²) in [5.74, 6) is -1.41. The van der Waals surface area contributed by atoms with Crippen LogP contribution in [-0.4, -0.2) is 66.9 Å². The highest BCUT2D eigenvalue weighted by atomic mass is 16.6. The van der Waals surface area contributed by atoms with Crippen molar-refractivity contribution in [3.8, 4) is 0 Å². The van der Waals surface area contributed by atoms with Gasteiger partial charge in [0.15, 0.2) is 6.10 Å². The van der Waals surface area contributed by atoms with Gasteiger partial charge in [-0.1, -0.05) is 0 Å². The minimum absolute atomic E-state index is 0.00462. The van der Waals surface area contributed by atoms with Crippen LogP contribution in [-0.2, 0) is 19.1 Å². The molecular weight excluding hydrogens is 268 g/mol. The molecule has 114 valence electrons. The number of morpholine rings is 1. The zero-order valence-electron chi connectivity index (χ0n) is 11.6. The van der Waals surface area contributed by atoms with Gasteiger partial charge in [0.25, 0.3) is 0 Å². The Hall–Kier alpha value is -1.83. The summed E-state index contributed by atoms with van der Waals surface area (Å²) in [7, 11) is 1.26. The van der Waals surface area contributed by atoms with Gasteiger partial charge in [0.2, 0.25) is 0 Å². The van der Waals surface area contributed by atoms with E-state index in [1.54, 1.807) is 6.92 Å². The zero-order valence-corrected chi connectivity index (χ0v) is 11.6. The van der Waals surface area contributed by atoms with Crippen molar-refractivity contribution in [1.82, 2.24) is 10.2 Å². The summed E-state index contributed by atoms with van der Waals surface area (Å²) in [6, 6.07) is -0.585. The van der Waals surface area contributed by atoms with Gasteiger partial charge >= 0.3 is 18.0 Å². The van der Waals surface area contributed by atoms with Gasteiger partial charge < -0.3 is 24.8 Å². The lowest BCUT2D eigenvalue weighted by molar-refractivity contribution is -0.158. The number of esters is 1. The van der Waals surface area contributed by atoms with Crippen LogP contribution in [0.5, 0.6) is 0 Å². The molecule has 0 aromatic carbocycles. The smallest absolute Gasteiger partial charge is 0.336 e. The van der Waals surface area contributed by atoms with Gasteiger partial charge in [0, 0.05) is 19.0 Å². The molecule has 0 aromatic rings. The first-order valence-electron chi connectivity index (χ1n) is 6.40. The standard InChI is InChI=1S/C12H20N2O6/c1-8(3-4-10(15)16)13-12(18)14-5-6-20-9(7-14)11(17)19-2/h8-9H,3-7H2,1-2H3,(H,13,18)(H,15,16). The second-order valence-corrected chi connectivity index (χ2v) is 4.61. The van der Waals surface area contributed by atoms with Crippen LogP contribution in [0.1, 0.15) is 19.8 Å². The third-order valence-corrected chi connectivity index (χ3v) is 2.98. The van der Waals surface area contributed by atoms with Crippen LogP contribution in [0.3, 0.4) is 0 Å². The Labute approximate surface area is 117 Å². The van der Waals surface area contributed by atoms with E-state index < -0.39 is 18.0 Å². The average molecular weight is 288 g/mol. The zero-order chi connectivity index (χ0) is 15.1. The summed E-state index contributed by atoms with van der Waals surface area (Å²) in [5, 5.41) is 11.3. The number of hydrogen-bond donors (Lipinski definition) is 2. The normalized spacial score (nSPS) is 20.1. The lowest BCUT2D eigenvalue weighted by Gasteiger charge is -2.32. The maximum Gasteiger partial charge on any atom is 0.336 e. The van der Waals surface area contributed by atoms with E-state index in [9.17, 15) is 14.4 Å². The Kier molecular flexibility index (Phi) is 6.23. The van der Waals surface area contributed by atoms with Crippen molar-refractivity contribution in [3.05, 3.63) is 0 Å². The molecule has 0 aliphatic carbocycles. The quantitative estimate of drug-likeness (QED) is 0.680. The molecule has 0 radical (unpaired) electrons. The van der Waals surface area contributed by atoms with E-state index >= 15 is 0 Å². The van der Waals surface area contributed by atoms with Crippen LogP contribution in [0.2, 0.25) is 0 Å². The van der Waals surface area contributed by atoms with Gasteiger partial charge in [-0.2, -0.15) is 0 Å². The van der Waals surface area contributed by atoms with Gasteiger partial charge in [-0.05, 0) is 13.3 Å². The fourth-order valence-electron chi connectivity index (χ4n) is 1.82. The van der Waals surface area contributed by atoms with Crippen molar-refractivity contribution < 1.29 is 29.0 Å². The van der Waals surface area contributed by atoms with Crippen LogP contribution in [0, 0.1) is 0 Å². The third kappa shape index (κ3) is 5.04. The fourth-order valence-corrected chi connectivity index (χ4v) is 1.82. The molecule has 0 aromatic heterocycles. The topological polar surface area (TPSA) is 105 Å². The lowest BCUT2D eigenvalue weighted by atomic mass is 10.2. The van der Waals surface area contributed by atoms with Gasteiger partial charge in [-0.25, -0.2) is 9.59 Å². The van der Waals surface area contributed by atoms with Crippen LogP contribution in [0.15, 0.2) is 0 Å². The van der Waals surface area contributed by atoms with Crippen molar-refractivity contribution >= 4 is 18.0 Å². The van der Waals surface area contributed by atoms with Gasteiger partial charge in [0.05, 0.1) is 20.3 Å². The highest BCUT2D eigenvalue weighted by molar-refractivity contribution is 5.78. The molecule has 1 saturated heterocycles. The van der Waals surface area contributed by atoms with E-state index in [2.05, 4.69) is 10.1 Å². The van der Waals surface area contributed by atoms with Crippen LogP contribution in [0.25, 0.3) is 0 Å². The molecule has 1 fully saturated rings. The molecule has 0 bridgehead atoms. The highest BCUT2D eigenvalue weighted by Gasteiger charge is 2.30. The van der Waals surface area contributed by atoms with E-state index in [0.717, 1.165) is 0 Å². The fraction of sp³-hybridized carbons (Fsp3) is 0.750. The molecule has 0 saturated carbocycles. The summed E-state index contributed by atoms with van der Waals surface area (Å²) < 4.78 is 9.80. The third-order valence-electron chi connectivity index (χ3n) is 2.98. The van der Waals surface area contributed by atoms with E-state index in [0.29, 0.717) is 13.0 Å². The van der Waals surface area contributed by atoms with Crippen molar-refractivity contribution in [2.75, 3.05) is 26.8 Å². The Morgan fingerprint density at radius 1 is 1.50 bits per heavy atom. The van der Waals surface area contributed by atoms with Crippen LogP contribution < -0.4 is 5.32 Å². The second-order valence-electron chi connectivity index (χ2n) is 4.61. The number of amides is 2. The number of carbonyl (C=O) groups excluding carboxylic acids is 2. The number of nitrogens with zero attached hydrogens (tertiary/aromatic N) is 1. The number of carboxylic acids is 1.